The van der Waals surface area contributed by atoms with E-state index in [-0.39, 0.29) is 30.1 Å². The SMILES string of the molecule is COCCNc1ccc(S(=O)(=O)C2CCNCC2)cc1.Cl.Cl. The molecule has 1 aliphatic heterocycles. The number of methoxy groups -OCH3 is 1. The molecule has 0 aliphatic carbocycles. The molecule has 22 heavy (non-hydrogen) atoms. The average molecular weight is 371 g/mol. The minimum Gasteiger partial charge on any atom is -0.383 e. The Hall–Kier alpha value is -0.530. The van der Waals surface area contributed by atoms with Crippen LogP contribution in [0.5, 0.6) is 0 Å². The van der Waals surface area contributed by atoms with E-state index < -0.39 is 9.84 Å². The van der Waals surface area contributed by atoms with Crippen LogP contribution in [0.3, 0.4) is 0 Å². The topological polar surface area (TPSA) is 67.4 Å². The van der Waals surface area contributed by atoms with Crippen LogP contribution in [0.1, 0.15) is 12.8 Å². The molecule has 0 atom stereocenters. The zero-order chi connectivity index (χ0) is 14.4. The number of halogens is 2. The van der Waals surface area contributed by atoms with Crippen LogP contribution >= 0.6 is 24.8 Å². The van der Waals surface area contributed by atoms with Gasteiger partial charge < -0.3 is 15.4 Å². The molecule has 1 aromatic carbocycles. The van der Waals surface area contributed by atoms with Crippen molar-refractivity contribution in [3.05, 3.63) is 24.3 Å². The molecule has 0 bridgehead atoms. The molecular weight excluding hydrogens is 347 g/mol. The van der Waals surface area contributed by atoms with Gasteiger partial charge in [-0.05, 0) is 50.2 Å². The Bertz CT molecular complexity index is 517. The van der Waals surface area contributed by atoms with E-state index in [0.29, 0.717) is 30.9 Å². The number of piperidine rings is 1. The molecular formula is C14H24Cl2N2O3S. The highest BCUT2D eigenvalue weighted by Gasteiger charge is 2.28. The normalized spacial score (nSPS) is 15.5. The number of rotatable bonds is 6. The van der Waals surface area contributed by atoms with E-state index in [0.717, 1.165) is 18.8 Å². The second-order valence-corrected chi connectivity index (χ2v) is 7.17. The number of ether oxygens (including phenoxy) is 1. The first-order valence-electron chi connectivity index (χ1n) is 6.92. The number of sulfone groups is 1. The molecule has 2 N–H and O–H groups in total. The van der Waals surface area contributed by atoms with Gasteiger partial charge in [0.15, 0.2) is 9.84 Å². The first kappa shape index (κ1) is 21.5. The molecule has 1 aromatic rings. The molecule has 0 unspecified atom stereocenters. The van der Waals surface area contributed by atoms with Crippen LogP contribution in [0.2, 0.25) is 0 Å². The van der Waals surface area contributed by atoms with Crippen LogP contribution in [0.15, 0.2) is 29.2 Å². The lowest BCUT2D eigenvalue weighted by Gasteiger charge is -2.22. The van der Waals surface area contributed by atoms with Crippen molar-refractivity contribution in [1.29, 1.82) is 0 Å². The van der Waals surface area contributed by atoms with Crippen molar-refractivity contribution in [2.75, 3.05) is 38.7 Å². The highest BCUT2D eigenvalue weighted by atomic mass is 35.5. The average Bonchev–Trinajstić information content (AvgIpc) is 2.49. The van der Waals surface area contributed by atoms with Gasteiger partial charge in [-0.15, -0.1) is 24.8 Å². The summed E-state index contributed by atoms with van der Waals surface area (Å²) < 4.78 is 29.9. The van der Waals surface area contributed by atoms with E-state index in [4.69, 9.17) is 4.74 Å². The van der Waals surface area contributed by atoms with Crippen molar-refractivity contribution in [3.8, 4) is 0 Å². The Morgan fingerprint density at radius 3 is 2.32 bits per heavy atom. The first-order chi connectivity index (χ1) is 9.64. The van der Waals surface area contributed by atoms with Gasteiger partial charge in [0.1, 0.15) is 0 Å². The second-order valence-electron chi connectivity index (χ2n) is 4.94. The number of hydrogen-bond acceptors (Lipinski definition) is 5. The standard InChI is InChI=1S/C14H22N2O3S.2ClH/c1-19-11-10-16-12-2-4-13(5-3-12)20(17,18)14-6-8-15-9-7-14;;/h2-5,14-16H,6-11H2,1H3;2*1H. The van der Waals surface area contributed by atoms with Crippen molar-refractivity contribution in [1.82, 2.24) is 5.32 Å². The van der Waals surface area contributed by atoms with Crippen LogP contribution in [-0.4, -0.2) is 47.0 Å². The minimum atomic E-state index is -3.20. The van der Waals surface area contributed by atoms with Gasteiger partial charge in [0.2, 0.25) is 0 Å². The van der Waals surface area contributed by atoms with Gasteiger partial charge in [0, 0.05) is 19.3 Å². The first-order valence-corrected chi connectivity index (χ1v) is 8.46. The van der Waals surface area contributed by atoms with E-state index in [9.17, 15) is 8.42 Å². The summed E-state index contributed by atoms with van der Waals surface area (Å²) in [4.78, 5) is 0.418. The Balaban J connectivity index is 0.00000220. The van der Waals surface area contributed by atoms with Gasteiger partial charge in [0.25, 0.3) is 0 Å². The summed E-state index contributed by atoms with van der Waals surface area (Å²) in [6, 6.07) is 6.99. The summed E-state index contributed by atoms with van der Waals surface area (Å²) in [6.45, 7) is 2.88. The van der Waals surface area contributed by atoms with Crippen LogP contribution in [-0.2, 0) is 14.6 Å². The third-order valence-corrected chi connectivity index (χ3v) is 5.82. The van der Waals surface area contributed by atoms with Crippen LogP contribution < -0.4 is 10.6 Å². The predicted molar refractivity (Wildman–Crippen MR) is 94.4 cm³/mol. The highest BCUT2D eigenvalue weighted by Crippen LogP contribution is 2.23. The number of benzene rings is 1. The summed E-state index contributed by atoms with van der Waals surface area (Å²) in [5, 5.41) is 6.11. The fourth-order valence-electron chi connectivity index (χ4n) is 2.36. The van der Waals surface area contributed by atoms with Crippen LogP contribution in [0.25, 0.3) is 0 Å². The largest absolute Gasteiger partial charge is 0.383 e. The fraction of sp³-hybridized carbons (Fsp3) is 0.571. The van der Waals surface area contributed by atoms with E-state index in [1.165, 1.54) is 0 Å². The second kappa shape index (κ2) is 10.3. The molecule has 0 aromatic heterocycles. The number of hydrogen-bond donors (Lipinski definition) is 2. The quantitative estimate of drug-likeness (QED) is 0.750. The molecule has 1 fully saturated rings. The summed E-state index contributed by atoms with van der Waals surface area (Å²) in [7, 11) is -1.55. The maximum absolute atomic E-state index is 12.5. The zero-order valence-corrected chi connectivity index (χ0v) is 15.0. The van der Waals surface area contributed by atoms with Gasteiger partial charge in [-0.3, -0.25) is 0 Å². The summed E-state index contributed by atoms with van der Waals surface area (Å²) in [6.07, 6.45) is 1.38. The predicted octanol–water partition coefficient (Wildman–Crippen LogP) is 2.11. The highest BCUT2D eigenvalue weighted by molar-refractivity contribution is 7.92. The molecule has 5 nitrogen and oxygen atoms in total. The van der Waals surface area contributed by atoms with Crippen molar-refractivity contribution >= 4 is 40.3 Å². The minimum absolute atomic E-state index is 0. The lowest BCUT2D eigenvalue weighted by Crippen LogP contribution is -2.35. The third kappa shape index (κ3) is 5.59. The Kier molecular flexibility index (Phi) is 10.0. The Morgan fingerprint density at radius 2 is 1.77 bits per heavy atom. The van der Waals surface area contributed by atoms with Crippen LogP contribution in [0, 0.1) is 0 Å². The van der Waals surface area contributed by atoms with Gasteiger partial charge >= 0.3 is 0 Å². The van der Waals surface area contributed by atoms with Crippen molar-refractivity contribution in [3.63, 3.8) is 0 Å². The molecule has 0 saturated carbocycles. The number of nitrogens with one attached hydrogen (secondary N) is 2. The van der Waals surface area contributed by atoms with Gasteiger partial charge in [-0.25, -0.2) is 8.42 Å². The third-order valence-electron chi connectivity index (χ3n) is 3.54. The van der Waals surface area contributed by atoms with E-state index in [1.807, 2.05) is 12.1 Å². The molecule has 2 rings (SSSR count). The Morgan fingerprint density at radius 1 is 1.18 bits per heavy atom. The molecule has 8 heteroatoms. The Labute approximate surface area is 144 Å². The smallest absolute Gasteiger partial charge is 0.181 e. The fourth-order valence-corrected chi connectivity index (χ4v) is 4.11. The summed E-state index contributed by atoms with van der Waals surface area (Å²) in [5.74, 6) is 0. The van der Waals surface area contributed by atoms with Gasteiger partial charge in [-0.1, -0.05) is 0 Å². The molecule has 0 amide bonds. The van der Waals surface area contributed by atoms with Crippen molar-refractivity contribution in [2.45, 2.75) is 23.0 Å². The molecule has 1 heterocycles. The van der Waals surface area contributed by atoms with E-state index in [1.54, 1.807) is 19.2 Å². The molecule has 1 saturated heterocycles. The number of anilines is 1. The molecule has 0 spiro atoms. The summed E-state index contributed by atoms with van der Waals surface area (Å²) >= 11 is 0. The molecule has 1 aliphatic rings. The van der Waals surface area contributed by atoms with Crippen LogP contribution in [0.4, 0.5) is 5.69 Å². The summed E-state index contributed by atoms with van der Waals surface area (Å²) in [5.41, 5.74) is 0.909. The monoisotopic (exact) mass is 370 g/mol. The molecule has 128 valence electrons. The van der Waals surface area contributed by atoms with Crippen molar-refractivity contribution in [2.24, 2.45) is 0 Å². The molecule has 0 radical (unpaired) electrons. The zero-order valence-electron chi connectivity index (χ0n) is 12.6. The maximum Gasteiger partial charge on any atom is 0.181 e. The van der Waals surface area contributed by atoms with Crippen molar-refractivity contribution < 1.29 is 13.2 Å². The van der Waals surface area contributed by atoms with Gasteiger partial charge in [0.05, 0.1) is 16.8 Å². The maximum atomic E-state index is 12.5. The lowest BCUT2D eigenvalue weighted by molar-refractivity contribution is 0.211. The lowest BCUT2D eigenvalue weighted by atomic mass is 10.2. The van der Waals surface area contributed by atoms with E-state index in [2.05, 4.69) is 10.6 Å². The van der Waals surface area contributed by atoms with Gasteiger partial charge in [-0.2, -0.15) is 0 Å². The van der Waals surface area contributed by atoms with E-state index >= 15 is 0 Å².